The normalized spacial score (nSPS) is 11.7. The molecule has 10 heteroatoms. The highest BCUT2D eigenvalue weighted by Crippen LogP contribution is 2.34. The largest absolute Gasteiger partial charge is 0.460 e. The van der Waals surface area contributed by atoms with Gasteiger partial charge in [0, 0.05) is 47.0 Å². The van der Waals surface area contributed by atoms with E-state index in [0.717, 1.165) is 57.6 Å². The summed E-state index contributed by atoms with van der Waals surface area (Å²) in [6.07, 6.45) is 19.2. The van der Waals surface area contributed by atoms with Crippen LogP contribution in [0.4, 0.5) is 0 Å². The molecule has 5 rings (SSSR count). The van der Waals surface area contributed by atoms with Crippen molar-refractivity contribution in [1.82, 2.24) is 20.4 Å². The first-order valence-corrected chi connectivity index (χ1v) is 21.0. The van der Waals surface area contributed by atoms with E-state index in [-0.39, 0.29) is 18.3 Å². The summed E-state index contributed by atoms with van der Waals surface area (Å²) in [6.45, 7) is 10.4. The molecule has 0 saturated carbocycles. The second-order valence-electron chi connectivity index (χ2n) is 15.6. The number of unbranched alkanes of at least 4 members (excludes halogenated alkanes) is 9. The summed E-state index contributed by atoms with van der Waals surface area (Å²) < 4.78 is 15.6. The SMILES string of the molecule is CCCCCCCCCCCCNC(=O)C=Cc1ccc(-c2[nH]c(-c3ccc(-c4cc(C(=O)OCC)on4)cc3)nc2-c2ccc(/C=C/C(=O)OC(C)(C)C)cc2)cc1. The number of amides is 1. The van der Waals surface area contributed by atoms with Crippen molar-refractivity contribution < 1.29 is 28.4 Å². The smallest absolute Gasteiger partial charge is 0.377 e. The molecule has 3 aromatic carbocycles. The first kappa shape index (κ1) is 44.1. The predicted octanol–water partition coefficient (Wildman–Crippen LogP) is 11.6. The van der Waals surface area contributed by atoms with Gasteiger partial charge in [-0.05, 0) is 57.4 Å². The molecule has 10 nitrogen and oxygen atoms in total. The van der Waals surface area contributed by atoms with Gasteiger partial charge in [-0.1, -0.05) is 143 Å². The standard InChI is InChI=1S/C49H58N4O6/c1-6-8-9-10-11-12-13-14-15-16-33-50-43(54)31-21-35-17-23-38(24-18-35)45-46(39-25-19-36(20-26-39)22-32-44(55)58-49(3,4)5)52-47(51-45)40-29-27-37(28-30-40)41-34-42(59-53-41)48(56)57-7-2/h17-32,34H,6-16,33H2,1-5H3,(H,50,54)(H,51,52)/b31-21?,32-22+. The Morgan fingerprint density at radius 3 is 1.88 bits per heavy atom. The predicted molar refractivity (Wildman–Crippen MR) is 235 cm³/mol. The lowest BCUT2D eigenvalue weighted by Crippen LogP contribution is -2.22. The van der Waals surface area contributed by atoms with E-state index in [1.807, 2.05) is 99.6 Å². The number of rotatable bonds is 21. The number of hydrogen-bond acceptors (Lipinski definition) is 8. The Balaban J connectivity index is 1.28. The molecular weight excluding hydrogens is 741 g/mol. The van der Waals surface area contributed by atoms with Gasteiger partial charge in [-0.25, -0.2) is 14.6 Å². The maximum Gasteiger partial charge on any atom is 0.377 e. The Kier molecular flexibility index (Phi) is 16.6. The van der Waals surface area contributed by atoms with E-state index in [1.165, 1.54) is 57.4 Å². The van der Waals surface area contributed by atoms with Gasteiger partial charge in [-0.15, -0.1) is 0 Å². The molecule has 1 amide bonds. The zero-order chi connectivity index (χ0) is 42.0. The van der Waals surface area contributed by atoms with Crippen LogP contribution in [-0.2, 0) is 19.1 Å². The Morgan fingerprint density at radius 1 is 0.712 bits per heavy atom. The molecule has 0 aliphatic heterocycles. The van der Waals surface area contributed by atoms with Gasteiger partial charge in [0.1, 0.15) is 17.1 Å². The van der Waals surface area contributed by atoms with E-state index in [1.54, 1.807) is 25.1 Å². The molecule has 59 heavy (non-hydrogen) atoms. The number of imidazole rings is 1. The quantitative estimate of drug-likeness (QED) is 0.0425. The van der Waals surface area contributed by atoms with Crippen molar-refractivity contribution in [3.8, 4) is 45.2 Å². The van der Waals surface area contributed by atoms with E-state index in [9.17, 15) is 14.4 Å². The second-order valence-corrected chi connectivity index (χ2v) is 15.6. The van der Waals surface area contributed by atoms with Crippen molar-refractivity contribution in [2.24, 2.45) is 0 Å². The van der Waals surface area contributed by atoms with Crippen molar-refractivity contribution in [2.75, 3.05) is 13.2 Å². The zero-order valence-corrected chi connectivity index (χ0v) is 35.1. The first-order chi connectivity index (χ1) is 28.5. The lowest BCUT2D eigenvalue weighted by Gasteiger charge is -2.17. The maximum atomic E-state index is 12.5. The summed E-state index contributed by atoms with van der Waals surface area (Å²) in [5.74, 6) is -0.357. The Morgan fingerprint density at radius 2 is 1.27 bits per heavy atom. The molecule has 0 fully saturated rings. The van der Waals surface area contributed by atoms with Gasteiger partial charge in [0.2, 0.25) is 11.7 Å². The minimum atomic E-state index is -0.571. The van der Waals surface area contributed by atoms with Crippen molar-refractivity contribution in [2.45, 2.75) is 104 Å². The highest BCUT2D eigenvalue weighted by molar-refractivity contribution is 5.92. The van der Waals surface area contributed by atoms with Crippen LogP contribution in [0.2, 0.25) is 0 Å². The summed E-state index contributed by atoms with van der Waals surface area (Å²) in [6, 6.07) is 25.0. The van der Waals surface area contributed by atoms with Gasteiger partial charge in [0.05, 0.1) is 18.0 Å². The third kappa shape index (κ3) is 14.1. The van der Waals surface area contributed by atoms with Crippen LogP contribution in [0.25, 0.3) is 57.3 Å². The molecule has 310 valence electrons. The minimum Gasteiger partial charge on any atom is -0.460 e. The first-order valence-electron chi connectivity index (χ1n) is 21.0. The molecule has 0 unspecified atom stereocenters. The molecule has 2 heterocycles. The van der Waals surface area contributed by atoms with Crippen LogP contribution in [0.15, 0.2) is 95.5 Å². The molecule has 0 aliphatic rings. The monoisotopic (exact) mass is 798 g/mol. The van der Waals surface area contributed by atoms with Crippen LogP contribution in [-0.4, -0.2) is 51.7 Å². The number of carbonyl (C=O) groups excluding carboxylic acids is 3. The van der Waals surface area contributed by atoms with Crippen molar-refractivity contribution >= 4 is 30.0 Å². The lowest BCUT2D eigenvalue weighted by molar-refractivity contribution is -0.148. The molecule has 2 N–H and O–H groups in total. The van der Waals surface area contributed by atoms with Gasteiger partial charge < -0.3 is 24.3 Å². The molecule has 2 aromatic heterocycles. The van der Waals surface area contributed by atoms with E-state index in [4.69, 9.17) is 19.0 Å². The number of aromatic nitrogens is 3. The van der Waals surface area contributed by atoms with Crippen LogP contribution >= 0.6 is 0 Å². The zero-order valence-electron chi connectivity index (χ0n) is 35.1. The topological polar surface area (TPSA) is 136 Å². The van der Waals surface area contributed by atoms with Crippen LogP contribution < -0.4 is 5.32 Å². The number of H-pyrrole nitrogens is 1. The average Bonchev–Trinajstić information content (AvgIpc) is 3.91. The second kappa shape index (κ2) is 22.2. The molecule has 0 saturated heterocycles. The van der Waals surface area contributed by atoms with Gasteiger partial charge in [-0.2, -0.15) is 0 Å². The highest BCUT2D eigenvalue weighted by atomic mass is 16.6. The number of hydrogen-bond donors (Lipinski definition) is 2. The lowest BCUT2D eigenvalue weighted by atomic mass is 10.0. The summed E-state index contributed by atoms with van der Waals surface area (Å²) in [7, 11) is 0. The van der Waals surface area contributed by atoms with Gasteiger partial charge >= 0.3 is 11.9 Å². The minimum absolute atomic E-state index is 0.0435. The van der Waals surface area contributed by atoms with E-state index >= 15 is 0 Å². The summed E-state index contributed by atoms with van der Waals surface area (Å²) >= 11 is 0. The molecule has 0 bridgehead atoms. The third-order valence-corrected chi connectivity index (χ3v) is 9.60. The van der Waals surface area contributed by atoms with Crippen LogP contribution in [0.1, 0.15) is 121 Å². The molecule has 5 aromatic rings. The summed E-state index contributed by atoms with van der Waals surface area (Å²) in [5, 5.41) is 7.06. The van der Waals surface area contributed by atoms with Crippen molar-refractivity contribution in [3.63, 3.8) is 0 Å². The number of benzene rings is 3. The fourth-order valence-corrected chi connectivity index (χ4v) is 6.50. The molecule has 0 radical (unpaired) electrons. The Labute approximate surface area is 348 Å². The van der Waals surface area contributed by atoms with Crippen LogP contribution in [0.3, 0.4) is 0 Å². The fourth-order valence-electron chi connectivity index (χ4n) is 6.50. The number of nitrogens with one attached hydrogen (secondary N) is 2. The van der Waals surface area contributed by atoms with E-state index in [0.29, 0.717) is 18.1 Å². The molecular formula is C49H58N4O6. The van der Waals surface area contributed by atoms with Crippen LogP contribution in [0.5, 0.6) is 0 Å². The number of nitrogens with zero attached hydrogens (tertiary/aromatic N) is 2. The van der Waals surface area contributed by atoms with Crippen LogP contribution in [0, 0.1) is 0 Å². The van der Waals surface area contributed by atoms with Crippen molar-refractivity contribution in [1.29, 1.82) is 0 Å². The number of aromatic amines is 1. The highest BCUT2D eigenvalue weighted by Gasteiger charge is 2.18. The van der Waals surface area contributed by atoms with E-state index < -0.39 is 17.5 Å². The average molecular weight is 799 g/mol. The van der Waals surface area contributed by atoms with Crippen molar-refractivity contribution in [3.05, 3.63) is 108 Å². The fraction of sp³-hybridized carbons (Fsp3) is 0.367. The summed E-state index contributed by atoms with van der Waals surface area (Å²) in [5.41, 5.74) is 6.67. The van der Waals surface area contributed by atoms with Gasteiger partial charge in [0.15, 0.2) is 0 Å². The number of esters is 2. The summed E-state index contributed by atoms with van der Waals surface area (Å²) in [4.78, 5) is 45.5. The molecule has 0 atom stereocenters. The Bertz CT molecular complexity index is 2150. The number of carbonyl (C=O) groups is 3. The maximum absolute atomic E-state index is 12.5. The number of ether oxygens (including phenoxy) is 2. The molecule has 0 spiro atoms. The van der Waals surface area contributed by atoms with E-state index in [2.05, 4.69) is 22.4 Å². The third-order valence-electron chi connectivity index (χ3n) is 9.60. The molecule has 0 aliphatic carbocycles. The Hall–Kier alpha value is -6.03. The van der Waals surface area contributed by atoms with Gasteiger partial charge in [-0.3, -0.25) is 4.79 Å². The van der Waals surface area contributed by atoms with Gasteiger partial charge in [0.25, 0.3) is 0 Å².